The quantitative estimate of drug-likeness (QED) is 0.188. The van der Waals surface area contributed by atoms with E-state index in [2.05, 4.69) is 121 Å². The van der Waals surface area contributed by atoms with Gasteiger partial charge in [0.05, 0.1) is 0 Å². The molecule has 0 aromatic heterocycles. The molecular weight excluding hydrogens is 612 g/mol. The van der Waals surface area contributed by atoms with E-state index in [1.807, 2.05) is 6.07 Å². The van der Waals surface area contributed by atoms with Crippen LogP contribution in [0.25, 0.3) is 0 Å². The van der Waals surface area contributed by atoms with E-state index in [0.717, 1.165) is 41.5 Å². The van der Waals surface area contributed by atoms with Gasteiger partial charge >= 0.3 is 11.9 Å². The Labute approximate surface area is 299 Å². The third-order valence-corrected chi connectivity index (χ3v) is 12.6. The molecule has 7 nitrogen and oxygen atoms in total. The van der Waals surface area contributed by atoms with Gasteiger partial charge in [-0.15, -0.1) is 0 Å². The molecule has 0 unspecified atom stereocenters. The molecule has 2 aliphatic rings. The third kappa shape index (κ3) is 9.41. The smallest absolute Gasteiger partial charge is 0.317 e. The van der Waals surface area contributed by atoms with Crippen molar-refractivity contribution in [1.29, 1.82) is 0 Å². The number of carboxylic acid groups (broad SMARTS) is 1. The third-order valence-electron chi connectivity index (χ3n) is 12.6. The fourth-order valence-electron chi connectivity index (χ4n) is 9.77. The van der Waals surface area contributed by atoms with Crippen molar-refractivity contribution in [2.45, 2.75) is 188 Å². The number of carbonyl (C=O) groups excluding carboxylic acids is 1. The molecule has 0 amide bonds. The maximum absolute atomic E-state index is 12.4. The molecule has 0 bridgehead atoms. The first-order valence-corrected chi connectivity index (χ1v) is 18.8. The van der Waals surface area contributed by atoms with Crippen LogP contribution >= 0.6 is 0 Å². The zero-order chi connectivity index (χ0) is 37.7. The summed E-state index contributed by atoms with van der Waals surface area (Å²) in [5.74, 6) is 0.115. The number of phenols is 1. The standard InChI is InChI=1S/C42H72N2O5/c1-37(2,3)32-20-27(26-49-34(47)21-33(45)46)31(35(36(32)48)38(4,5)6)19-17-18-30(28-22-39(7,8)43(15)40(9,10)23-28)29-24-41(11,12)44(16)42(13,14)25-29/h20,28-30,48H,17-19,21-26H2,1-16H3,(H,45,46). The monoisotopic (exact) mass is 685 g/mol. The van der Waals surface area contributed by atoms with Gasteiger partial charge in [0.25, 0.3) is 0 Å². The van der Waals surface area contributed by atoms with Crippen molar-refractivity contribution in [3.8, 4) is 5.75 Å². The summed E-state index contributed by atoms with van der Waals surface area (Å²) in [7, 11) is 4.58. The number of ether oxygens (including phenoxy) is 1. The minimum Gasteiger partial charge on any atom is -0.507 e. The molecule has 2 N–H and O–H groups in total. The Morgan fingerprint density at radius 3 is 1.61 bits per heavy atom. The second kappa shape index (κ2) is 14.1. The zero-order valence-corrected chi connectivity index (χ0v) is 34.2. The molecule has 2 aliphatic heterocycles. The Hall–Kier alpha value is -2.12. The number of aliphatic carboxylic acids is 1. The number of rotatable bonds is 10. The lowest BCUT2D eigenvalue weighted by Gasteiger charge is -2.59. The predicted molar refractivity (Wildman–Crippen MR) is 201 cm³/mol. The van der Waals surface area contributed by atoms with E-state index >= 15 is 0 Å². The summed E-state index contributed by atoms with van der Waals surface area (Å²) in [6, 6.07) is 2.00. The Kier molecular flexibility index (Phi) is 11.9. The highest BCUT2D eigenvalue weighted by Gasteiger charge is 2.50. The summed E-state index contributed by atoms with van der Waals surface area (Å²) in [6.45, 7) is 31.9. The van der Waals surface area contributed by atoms with Gasteiger partial charge in [-0.25, -0.2) is 0 Å². The molecule has 1 aromatic rings. The van der Waals surface area contributed by atoms with Crippen LogP contribution in [0.2, 0.25) is 0 Å². The van der Waals surface area contributed by atoms with Crippen molar-refractivity contribution in [3.63, 3.8) is 0 Å². The van der Waals surface area contributed by atoms with Crippen LogP contribution in [0.4, 0.5) is 0 Å². The van der Waals surface area contributed by atoms with E-state index in [1.54, 1.807) is 0 Å². The van der Waals surface area contributed by atoms with E-state index in [1.165, 1.54) is 25.7 Å². The molecule has 0 radical (unpaired) electrons. The van der Waals surface area contributed by atoms with Crippen LogP contribution in [0.3, 0.4) is 0 Å². The van der Waals surface area contributed by atoms with Crippen LogP contribution in [0.15, 0.2) is 6.07 Å². The molecular formula is C42H72N2O5. The first-order chi connectivity index (χ1) is 22.0. The van der Waals surface area contributed by atoms with Gasteiger partial charge in [0.1, 0.15) is 18.8 Å². The summed E-state index contributed by atoms with van der Waals surface area (Å²) >= 11 is 0. The fraction of sp³-hybridized carbons (Fsp3) is 0.810. The van der Waals surface area contributed by atoms with Gasteiger partial charge in [-0.2, -0.15) is 0 Å². The van der Waals surface area contributed by atoms with Gasteiger partial charge in [-0.3, -0.25) is 19.4 Å². The summed E-state index contributed by atoms with van der Waals surface area (Å²) < 4.78 is 5.57. The van der Waals surface area contributed by atoms with Crippen molar-refractivity contribution in [2.75, 3.05) is 14.1 Å². The highest BCUT2D eigenvalue weighted by Crippen LogP contribution is 2.52. The second-order valence-corrected chi connectivity index (χ2v) is 20.3. The molecule has 2 heterocycles. The number of esters is 1. The number of hydrogen-bond acceptors (Lipinski definition) is 6. The molecule has 1 aromatic carbocycles. The van der Waals surface area contributed by atoms with Crippen LogP contribution in [0, 0.1) is 17.8 Å². The number of phenolic OH excluding ortho intramolecular Hbond substituents is 1. The number of nitrogens with zero attached hydrogens (tertiary/aromatic N) is 2. The van der Waals surface area contributed by atoms with E-state index in [-0.39, 0.29) is 39.6 Å². The molecule has 2 saturated heterocycles. The number of carbonyl (C=O) groups is 2. The Morgan fingerprint density at radius 2 is 1.24 bits per heavy atom. The predicted octanol–water partition coefficient (Wildman–Crippen LogP) is 9.24. The van der Waals surface area contributed by atoms with Crippen molar-refractivity contribution in [3.05, 3.63) is 28.3 Å². The average Bonchev–Trinajstić information content (AvgIpc) is 2.89. The van der Waals surface area contributed by atoms with Crippen molar-refractivity contribution >= 4 is 11.9 Å². The molecule has 280 valence electrons. The molecule has 0 atom stereocenters. The van der Waals surface area contributed by atoms with Crippen molar-refractivity contribution in [1.82, 2.24) is 9.80 Å². The second-order valence-electron chi connectivity index (χ2n) is 20.3. The summed E-state index contributed by atoms with van der Waals surface area (Å²) in [5.41, 5.74) is 3.32. The van der Waals surface area contributed by atoms with Crippen LogP contribution in [-0.4, -0.2) is 68.2 Å². The highest BCUT2D eigenvalue weighted by molar-refractivity contribution is 5.90. The molecule has 2 fully saturated rings. The van der Waals surface area contributed by atoms with Crippen molar-refractivity contribution in [2.24, 2.45) is 17.8 Å². The van der Waals surface area contributed by atoms with Crippen LogP contribution in [0.1, 0.15) is 164 Å². The molecule has 0 aliphatic carbocycles. The number of piperidine rings is 2. The molecule has 7 heteroatoms. The number of likely N-dealkylation sites (tertiary alicyclic amines) is 2. The van der Waals surface area contributed by atoms with E-state index < -0.39 is 18.4 Å². The normalized spacial score (nSPS) is 22.0. The van der Waals surface area contributed by atoms with Gasteiger partial charge in [0, 0.05) is 27.7 Å². The number of aromatic hydroxyl groups is 1. The van der Waals surface area contributed by atoms with Gasteiger partial charge in [0.2, 0.25) is 0 Å². The van der Waals surface area contributed by atoms with Gasteiger partial charge in [-0.05, 0) is 166 Å². The molecule has 0 spiro atoms. The Morgan fingerprint density at radius 1 is 0.816 bits per heavy atom. The largest absolute Gasteiger partial charge is 0.507 e. The van der Waals surface area contributed by atoms with E-state index in [0.29, 0.717) is 23.5 Å². The van der Waals surface area contributed by atoms with Gasteiger partial charge in [0.15, 0.2) is 0 Å². The minimum absolute atomic E-state index is 0.00794. The topological polar surface area (TPSA) is 90.3 Å². The molecule has 3 rings (SSSR count). The lowest BCUT2D eigenvalue weighted by atomic mass is 9.60. The minimum atomic E-state index is -1.20. The van der Waals surface area contributed by atoms with Crippen molar-refractivity contribution < 1.29 is 24.5 Å². The number of hydrogen-bond donors (Lipinski definition) is 2. The maximum Gasteiger partial charge on any atom is 0.317 e. The zero-order valence-electron chi connectivity index (χ0n) is 34.2. The maximum atomic E-state index is 12.4. The van der Waals surface area contributed by atoms with E-state index in [9.17, 15) is 19.8 Å². The lowest BCUT2D eigenvalue weighted by Crippen LogP contribution is -2.62. The van der Waals surface area contributed by atoms with Gasteiger partial charge < -0.3 is 14.9 Å². The Bertz CT molecular complexity index is 1280. The first-order valence-electron chi connectivity index (χ1n) is 18.8. The fourth-order valence-corrected chi connectivity index (χ4v) is 9.77. The van der Waals surface area contributed by atoms with Crippen LogP contribution in [0.5, 0.6) is 5.75 Å². The first kappa shape index (κ1) is 41.3. The number of carboxylic acids is 1. The van der Waals surface area contributed by atoms with Crippen LogP contribution < -0.4 is 0 Å². The Balaban J connectivity index is 2.08. The number of benzene rings is 1. The summed E-state index contributed by atoms with van der Waals surface area (Å²) in [4.78, 5) is 28.8. The van der Waals surface area contributed by atoms with E-state index in [4.69, 9.17) is 4.74 Å². The van der Waals surface area contributed by atoms with Gasteiger partial charge in [-0.1, -0.05) is 41.5 Å². The van der Waals surface area contributed by atoms with Crippen LogP contribution in [-0.2, 0) is 38.2 Å². The molecule has 49 heavy (non-hydrogen) atoms. The SMILES string of the molecule is CN1C(C)(C)CC(C(CCCc2c(COC(=O)CC(=O)O)cc(C(C)(C)C)c(O)c2C(C)(C)C)C2CC(C)(C)N(C)C(C)(C)C2)CC1(C)C. The lowest BCUT2D eigenvalue weighted by molar-refractivity contribution is -0.152. The molecule has 0 saturated carbocycles. The highest BCUT2D eigenvalue weighted by atomic mass is 16.5. The summed E-state index contributed by atoms with van der Waals surface area (Å²) in [5, 5.41) is 21.0. The average molecular weight is 685 g/mol. The summed E-state index contributed by atoms with van der Waals surface area (Å²) in [6.07, 6.45) is 6.82.